The fourth-order valence-corrected chi connectivity index (χ4v) is 2.12. The summed E-state index contributed by atoms with van der Waals surface area (Å²) in [6.07, 6.45) is 0.119. The van der Waals surface area contributed by atoms with Gasteiger partial charge in [0, 0.05) is 25.9 Å². The Morgan fingerprint density at radius 1 is 1.32 bits per heavy atom. The van der Waals surface area contributed by atoms with E-state index in [4.69, 9.17) is 4.74 Å². The average molecular weight is 306 g/mol. The summed E-state index contributed by atoms with van der Waals surface area (Å²) in [5.74, 6) is 0.789. The zero-order valence-electron chi connectivity index (χ0n) is 14.7. The molecule has 0 aliphatic rings. The van der Waals surface area contributed by atoms with Crippen molar-refractivity contribution in [2.75, 3.05) is 20.2 Å². The molecule has 5 nitrogen and oxygen atoms in total. The summed E-state index contributed by atoms with van der Waals surface area (Å²) in [7, 11) is 1.75. The molecule has 0 bridgehead atoms. The summed E-state index contributed by atoms with van der Waals surface area (Å²) in [4.78, 5) is 9.06. The van der Waals surface area contributed by atoms with E-state index >= 15 is 0 Å². The third-order valence-electron chi connectivity index (χ3n) is 3.39. The van der Waals surface area contributed by atoms with Crippen molar-refractivity contribution in [3.05, 3.63) is 29.6 Å². The number of hydrogen-bond donors (Lipinski definition) is 2. The van der Waals surface area contributed by atoms with E-state index in [0.717, 1.165) is 23.9 Å². The monoisotopic (exact) mass is 306 g/mol. The molecule has 0 spiro atoms. The minimum absolute atomic E-state index is 0.0805. The zero-order valence-corrected chi connectivity index (χ0v) is 14.7. The number of ether oxygens (including phenoxy) is 1. The maximum Gasteiger partial charge on any atom is 0.191 e. The molecule has 2 N–H and O–H groups in total. The maximum atomic E-state index is 5.56. The van der Waals surface area contributed by atoms with Crippen LogP contribution < -0.4 is 10.6 Å². The van der Waals surface area contributed by atoms with Crippen molar-refractivity contribution in [3.8, 4) is 0 Å². The van der Waals surface area contributed by atoms with Crippen LogP contribution in [0.25, 0.3) is 0 Å². The van der Waals surface area contributed by atoms with Crippen LogP contribution >= 0.6 is 0 Å². The molecular weight excluding hydrogens is 276 g/mol. The minimum Gasteiger partial charge on any atom is -0.379 e. The number of nitrogens with zero attached hydrogens (tertiary/aromatic N) is 2. The summed E-state index contributed by atoms with van der Waals surface area (Å²) in [5.41, 5.74) is 2.06. The average Bonchev–Trinajstić information content (AvgIpc) is 2.44. The Morgan fingerprint density at radius 3 is 2.59 bits per heavy atom. The minimum atomic E-state index is 0.0805. The molecular formula is C17H30N4O. The van der Waals surface area contributed by atoms with Gasteiger partial charge in [0.2, 0.25) is 0 Å². The Hall–Kier alpha value is -1.62. The molecule has 0 aromatic carbocycles. The molecule has 0 saturated heterocycles. The first-order valence-electron chi connectivity index (χ1n) is 7.84. The molecule has 0 saturated carbocycles. The summed E-state index contributed by atoms with van der Waals surface area (Å²) >= 11 is 0. The van der Waals surface area contributed by atoms with E-state index in [1.807, 2.05) is 25.1 Å². The Labute approximate surface area is 134 Å². The van der Waals surface area contributed by atoms with Crippen LogP contribution in [-0.2, 0) is 11.3 Å². The molecule has 0 fully saturated rings. The van der Waals surface area contributed by atoms with Gasteiger partial charge in [0.15, 0.2) is 5.96 Å². The molecule has 22 heavy (non-hydrogen) atoms. The molecule has 1 unspecified atom stereocenters. The largest absolute Gasteiger partial charge is 0.379 e. The molecule has 124 valence electrons. The Kier molecular flexibility index (Phi) is 7.32. The lowest BCUT2D eigenvalue weighted by Crippen LogP contribution is -2.45. The second kappa shape index (κ2) is 8.73. The van der Waals surface area contributed by atoms with Gasteiger partial charge in [0.1, 0.15) is 0 Å². The van der Waals surface area contributed by atoms with E-state index in [9.17, 15) is 0 Å². The summed E-state index contributed by atoms with van der Waals surface area (Å²) in [6, 6.07) is 5.99. The van der Waals surface area contributed by atoms with Gasteiger partial charge in [-0.2, -0.15) is 0 Å². The molecule has 5 heteroatoms. The lowest BCUT2D eigenvalue weighted by molar-refractivity contribution is 0.0205. The predicted octanol–water partition coefficient (Wildman–Crippen LogP) is 2.51. The van der Waals surface area contributed by atoms with Crippen molar-refractivity contribution in [1.29, 1.82) is 0 Å². The third kappa shape index (κ3) is 6.43. The van der Waals surface area contributed by atoms with Crippen LogP contribution in [0, 0.1) is 12.3 Å². The molecule has 0 radical (unpaired) electrons. The van der Waals surface area contributed by atoms with E-state index in [0.29, 0.717) is 13.1 Å². The first-order chi connectivity index (χ1) is 10.4. The number of hydrogen-bond acceptors (Lipinski definition) is 3. The number of aryl methyl sites for hydroxylation is 1. The second-order valence-corrected chi connectivity index (χ2v) is 6.44. The van der Waals surface area contributed by atoms with E-state index in [2.05, 4.69) is 48.3 Å². The fourth-order valence-electron chi connectivity index (χ4n) is 2.12. The lowest BCUT2D eigenvalue weighted by Gasteiger charge is -2.30. The fraction of sp³-hybridized carbons (Fsp3) is 0.647. The molecule has 1 aromatic heterocycles. The summed E-state index contributed by atoms with van der Waals surface area (Å²) in [5, 5.41) is 6.60. The number of rotatable bonds is 6. The van der Waals surface area contributed by atoms with Crippen molar-refractivity contribution >= 4 is 5.96 Å². The van der Waals surface area contributed by atoms with Gasteiger partial charge in [-0.05, 0) is 31.4 Å². The second-order valence-electron chi connectivity index (χ2n) is 6.44. The Balaban J connectivity index is 2.66. The number of methoxy groups -OCH3 is 1. The lowest BCUT2D eigenvalue weighted by atomic mass is 9.89. The van der Waals surface area contributed by atoms with Gasteiger partial charge in [0.25, 0.3) is 0 Å². The normalized spacial score (nSPS) is 13.8. The van der Waals surface area contributed by atoms with Crippen LogP contribution in [0.3, 0.4) is 0 Å². The van der Waals surface area contributed by atoms with Gasteiger partial charge in [0.05, 0.1) is 18.3 Å². The van der Waals surface area contributed by atoms with Crippen LogP contribution in [-0.4, -0.2) is 37.2 Å². The summed E-state index contributed by atoms with van der Waals surface area (Å²) < 4.78 is 5.56. The molecule has 0 aliphatic carbocycles. The Bertz CT molecular complexity index is 480. The highest BCUT2D eigenvalue weighted by atomic mass is 16.5. The standard InChI is InChI=1S/C17H30N4O/c1-7-18-16(20-12-15(22-6)17(3,4)5)19-11-14-10-8-9-13(2)21-14/h8-10,15H,7,11-12H2,1-6H3,(H2,18,19,20). The van der Waals surface area contributed by atoms with Crippen molar-refractivity contribution < 1.29 is 4.74 Å². The maximum absolute atomic E-state index is 5.56. The van der Waals surface area contributed by atoms with E-state index in [-0.39, 0.29) is 11.5 Å². The predicted molar refractivity (Wildman–Crippen MR) is 92.0 cm³/mol. The Morgan fingerprint density at radius 2 is 2.05 bits per heavy atom. The van der Waals surface area contributed by atoms with Crippen molar-refractivity contribution in [3.63, 3.8) is 0 Å². The smallest absolute Gasteiger partial charge is 0.191 e. The van der Waals surface area contributed by atoms with Gasteiger partial charge in [-0.1, -0.05) is 26.8 Å². The van der Waals surface area contributed by atoms with Crippen LogP contribution in [0.1, 0.15) is 39.1 Å². The van der Waals surface area contributed by atoms with Crippen LogP contribution in [0.5, 0.6) is 0 Å². The van der Waals surface area contributed by atoms with Crippen LogP contribution in [0.2, 0.25) is 0 Å². The van der Waals surface area contributed by atoms with Gasteiger partial charge in [-0.3, -0.25) is 4.98 Å². The van der Waals surface area contributed by atoms with Gasteiger partial charge < -0.3 is 15.4 Å². The van der Waals surface area contributed by atoms with Crippen LogP contribution in [0.15, 0.2) is 23.2 Å². The first-order valence-corrected chi connectivity index (χ1v) is 7.84. The highest BCUT2D eigenvalue weighted by Gasteiger charge is 2.24. The summed E-state index contributed by atoms with van der Waals surface area (Å²) in [6.45, 7) is 12.6. The van der Waals surface area contributed by atoms with Crippen molar-refractivity contribution in [1.82, 2.24) is 15.6 Å². The highest BCUT2D eigenvalue weighted by Crippen LogP contribution is 2.20. The van der Waals surface area contributed by atoms with Gasteiger partial charge in [-0.25, -0.2) is 4.99 Å². The highest BCUT2D eigenvalue weighted by molar-refractivity contribution is 5.79. The quantitative estimate of drug-likeness (QED) is 0.626. The SMILES string of the molecule is CCNC(=NCc1cccc(C)n1)NCC(OC)C(C)(C)C. The number of guanidine groups is 1. The van der Waals surface area contributed by atoms with Gasteiger partial charge in [-0.15, -0.1) is 0 Å². The third-order valence-corrected chi connectivity index (χ3v) is 3.39. The number of pyridine rings is 1. The molecule has 1 atom stereocenters. The number of nitrogens with one attached hydrogen (secondary N) is 2. The zero-order chi connectivity index (χ0) is 16.6. The van der Waals surface area contributed by atoms with E-state index in [1.54, 1.807) is 7.11 Å². The molecule has 1 heterocycles. The molecule has 0 aliphatic heterocycles. The molecule has 1 aromatic rings. The van der Waals surface area contributed by atoms with Crippen molar-refractivity contribution in [2.45, 2.75) is 47.3 Å². The number of aliphatic imine (C=N–C) groups is 1. The number of aromatic nitrogens is 1. The molecule has 1 rings (SSSR count). The van der Waals surface area contributed by atoms with Gasteiger partial charge >= 0.3 is 0 Å². The first kappa shape index (κ1) is 18.4. The van der Waals surface area contributed by atoms with E-state index in [1.165, 1.54) is 0 Å². The molecule has 0 amide bonds. The topological polar surface area (TPSA) is 58.5 Å². The van der Waals surface area contributed by atoms with Crippen LogP contribution in [0.4, 0.5) is 0 Å². The van der Waals surface area contributed by atoms with E-state index < -0.39 is 0 Å². The van der Waals surface area contributed by atoms with Crippen molar-refractivity contribution in [2.24, 2.45) is 10.4 Å².